The second-order valence-corrected chi connectivity index (χ2v) is 8.15. The Labute approximate surface area is 164 Å². The lowest BCUT2D eigenvalue weighted by Crippen LogP contribution is -2.48. The van der Waals surface area contributed by atoms with Gasteiger partial charge in [0.15, 0.2) is 0 Å². The minimum absolute atomic E-state index is 0.108. The molecule has 4 rings (SSSR count). The molecule has 0 spiro atoms. The molecule has 27 heavy (non-hydrogen) atoms. The average Bonchev–Trinajstić information content (AvgIpc) is 3.41. The van der Waals surface area contributed by atoms with Gasteiger partial charge < -0.3 is 14.4 Å². The third-order valence-corrected chi connectivity index (χ3v) is 6.04. The summed E-state index contributed by atoms with van der Waals surface area (Å²) in [6.07, 6.45) is 2.38. The highest BCUT2D eigenvalue weighted by atomic mass is 32.1. The van der Waals surface area contributed by atoms with E-state index in [0.29, 0.717) is 6.61 Å². The number of amides is 1. The molecule has 2 aliphatic rings. The van der Waals surface area contributed by atoms with Crippen molar-refractivity contribution in [1.82, 2.24) is 9.80 Å². The molecule has 0 aliphatic carbocycles. The Balaban J connectivity index is 1.25. The molecule has 0 unspecified atom stereocenters. The summed E-state index contributed by atoms with van der Waals surface area (Å²) < 4.78 is 11.3. The fourth-order valence-corrected chi connectivity index (χ4v) is 4.32. The summed E-state index contributed by atoms with van der Waals surface area (Å²) in [4.78, 5) is 18.5. The van der Waals surface area contributed by atoms with Crippen LogP contribution in [0.5, 0.6) is 5.75 Å². The molecule has 2 aliphatic heterocycles. The van der Waals surface area contributed by atoms with Crippen LogP contribution in [0.3, 0.4) is 0 Å². The summed E-state index contributed by atoms with van der Waals surface area (Å²) in [7, 11) is 0. The van der Waals surface area contributed by atoms with Gasteiger partial charge in [0.25, 0.3) is 5.91 Å². The van der Waals surface area contributed by atoms with Gasteiger partial charge >= 0.3 is 0 Å². The van der Waals surface area contributed by atoms with E-state index in [1.54, 1.807) is 11.3 Å². The molecular formula is C21H26N2O3S. The minimum Gasteiger partial charge on any atom is -0.491 e. The number of carbonyl (C=O) groups is 1. The van der Waals surface area contributed by atoms with Crippen LogP contribution in [0.4, 0.5) is 0 Å². The molecule has 2 fully saturated rings. The fourth-order valence-electron chi connectivity index (χ4n) is 3.57. The van der Waals surface area contributed by atoms with Crippen molar-refractivity contribution in [2.24, 2.45) is 0 Å². The highest BCUT2D eigenvalue weighted by Crippen LogP contribution is 2.18. The van der Waals surface area contributed by atoms with Crippen molar-refractivity contribution in [2.45, 2.75) is 25.5 Å². The second-order valence-electron chi connectivity index (χ2n) is 7.12. The quantitative estimate of drug-likeness (QED) is 0.764. The molecule has 6 heteroatoms. The Morgan fingerprint density at radius 1 is 1.15 bits per heavy atom. The maximum Gasteiger partial charge on any atom is 0.253 e. The molecular weight excluding hydrogens is 360 g/mol. The van der Waals surface area contributed by atoms with Crippen molar-refractivity contribution in [3.63, 3.8) is 0 Å². The molecule has 1 atom stereocenters. The molecule has 0 bridgehead atoms. The summed E-state index contributed by atoms with van der Waals surface area (Å²) in [5, 5.41) is 2.11. The smallest absolute Gasteiger partial charge is 0.253 e. The maximum atomic E-state index is 12.8. The SMILES string of the molecule is O=C(c1ccc(OC[C@@H]2CCCO2)cc1)N1CCN(Cc2cccs2)CC1. The van der Waals surface area contributed by atoms with Crippen molar-refractivity contribution in [1.29, 1.82) is 0 Å². The predicted molar refractivity (Wildman–Crippen MR) is 106 cm³/mol. The van der Waals surface area contributed by atoms with Crippen molar-refractivity contribution < 1.29 is 14.3 Å². The summed E-state index contributed by atoms with van der Waals surface area (Å²) in [6, 6.07) is 11.8. The lowest BCUT2D eigenvalue weighted by atomic mass is 10.1. The number of ether oxygens (including phenoxy) is 2. The average molecular weight is 387 g/mol. The summed E-state index contributed by atoms with van der Waals surface area (Å²) in [5.41, 5.74) is 0.728. The molecule has 0 radical (unpaired) electrons. The molecule has 0 saturated carbocycles. The van der Waals surface area contributed by atoms with E-state index in [2.05, 4.69) is 22.4 Å². The van der Waals surface area contributed by atoms with Crippen LogP contribution >= 0.6 is 11.3 Å². The van der Waals surface area contributed by atoms with E-state index in [0.717, 1.165) is 63.5 Å². The number of hydrogen-bond donors (Lipinski definition) is 0. The zero-order valence-electron chi connectivity index (χ0n) is 15.5. The summed E-state index contributed by atoms with van der Waals surface area (Å²) in [6.45, 7) is 5.80. The zero-order chi connectivity index (χ0) is 18.5. The van der Waals surface area contributed by atoms with Crippen molar-refractivity contribution in [3.8, 4) is 5.75 Å². The first-order valence-corrected chi connectivity index (χ1v) is 10.5. The van der Waals surface area contributed by atoms with Gasteiger partial charge in [-0.25, -0.2) is 0 Å². The third kappa shape index (κ3) is 4.89. The van der Waals surface area contributed by atoms with Crippen molar-refractivity contribution >= 4 is 17.2 Å². The Bertz CT molecular complexity index is 718. The Morgan fingerprint density at radius 2 is 1.96 bits per heavy atom. The van der Waals surface area contributed by atoms with E-state index in [1.807, 2.05) is 29.2 Å². The lowest BCUT2D eigenvalue weighted by Gasteiger charge is -2.34. The van der Waals surface area contributed by atoms with Crippen LogP contribution in [0.25, 0.3) is 0 Å². The van der Waals surface area contributed by atoms with Crippen molar-refractivity contribution in [3.05, 3.63) is 52.2 Å². The summed E-state index contributed by atoms with van der Waals surface area (Å²) in [5.74, 6) is 0.902. The molecule has 1 aromatic heterocycles. The highest BCUT2D eigenvalue weighted by molar-refractivity contribution is 7.09. The van der Waals surface area contributed by atoms with Crippen LogP contribution in [0.1, 0.15) is 28.1 Å². The molecule has 3 heterocycles. The largest absolute Gasteiger partial charge is 0.491 e. The van der Waals surface area contributed by atoms with Gasteiger partial charge in [0.1, 0.15) is 12.4 Å². The molecule has 1 aromatic carbocycles. The molecule has 5 nitrogen and oxygen atoms in total. The van der Waals surface area contributed by atoms with Gasteiger partial charge in [-0.05, 0) is 48.6 Å². The van der Waals surface area contributed by atoms with Gasteiger partial charge in [-0.2, -0.15) is 0 Å². The number of hydrogen-bond acceptors (Lipinski definition) is 5. The topological polar surface area (TPSA) is 42.0 Å². The normalized spacial score (nSPS) is 20.7. The van der Waals surface area contributed by atoms with Gasteiger partial charge in [-0.3, -0.25) is 9.69 Å². The first-order valence-electron chi connectivity index (χ1n) is 9.66. The third-order valence-electron chi connectivity index (χ3n) is 5.18. The van der Waals surface area contributed by atoms with E-state index in [9.17, 15) is 4.79 Å². The molecule has 144 valence electrons. The highest BCUT2D eigenvalue weighted by Gasteiger charge is 2.22. The fraction of sp³-hybridized carbons (Fsp3) is 0.476. The zero-order valence-corrected chi connectivity index (χ0v) is 16.3. The van der Waals surface area contributed by atoms with E-state index in [1.165, 1.54) is 4.88 Å². The monoisotopic (exact) mass is 386 g/mol. The number of carbonyl (C=O) groups excluding carboxylic acids is 1. The summed E-state index contributed by atoms with van der Waals surface area (Å²) >= 11 is 1.79. The van der Waals surface area contributed by atoms with Crippen LogP contribution in [-0.4, -0.2) is 61.2 Å². The maximum absolute atomic E-state index is 12.8. The predicted octanol–water partition coefficient (Wildman–Crippen LogP) is 3.26. The Hall–Kier alpha value is -1.89. The number of rotatable bonds is 6. The van der Waals surface area contributed by atoms with E-state index >= 15 is 0 Å². The number of nitrogens with zero attached hydrogens (tertiary/aromatic N) is 2. The molecule has 2 aromatic rings. The molecule has 1 amide bonds. The van der Waals surface area contributed by atoms with E-state index < -0.39 is 0 Å². The second kappa shape index (κ2) is 8.87. The first-order chi connectivity index (χ1) is 13.3. The van der Waals surface area contributed by atoms with E-state index in [-0.39, 0.29) is 12.0 Å². The Kier molecular flexibility index (Phi) is 6.07. The van der Waals surface area contributed by atoms with Crippen LogP contribution in [0.2, 0.25) is 0 Å². The van der Waals surface area contributed by atoms with Crippen LogP contribution in [0.15, 0.2) is 41.8 Å². The Morgan fingerprint density at radius 3 is 2.63 bits per heavy atom. The van der Waals surface area contributed by atoms with Gasteiger partial charge in [0.2, 0.25) is 0 Å². The minimum atomic E-state index is 0.108. The van der Waals surface area contributed by atoms with Gasteiger partial charge in [-0.15, -0.1) is 11.3 Å². The van der Waals surface area contributed by atoms with Crippen LogP contribution in [0, 0.1) is 0 Å². The molecule has 0 N–H and O–H groups in total. The van der Waals surface area contributed by atoms with Crippen LogP contribution in [-0.2, 0) is 11.3 Å². The van der Waals surface area contributed by atoms with Gasteiger partial charge in [-0.1, -0.05) is 6.07 Å². The molecule has 2 saturated heterocycles. The van der Waals surface area contributed by atoms with Gasteiger partial charge in [0, 0.05) is 49.8 Å². The van der Waals surface area contributed by atoms with E-state index in [4.69, 9.17) is 9.47 Å². The number of thiophene rings is 1. The number of benzene rings is 1. The van der Waals surface area contributed by atoms with Gasteiger partial charge in [0.05, 0.1) is 6.10 Å². The lowest BCUT2D eigenvalue weighted by molar-refractivity contribution is 0.0628. The standard InChI is InChI=1S/C21H26N2O3S/c24-21(23-11-9-22(10-12-23)15-20-4-2-14-27-20)17-5-7-18(8-6-17)26-16-19-3-1-13-25-19/h2,4-8,14,19H,1,3,9-13,15-16H2/t19-/m0/s1. The van der Waals surface area contributed by atoms with Crippen LogP contribution < -0.4 is 4.74 Å². The first kappa shape index (κ1) is 18.5. The number of piperazine rings is 1. The van der Waals surface area contributed by atoms with Crippen molar-refractivity contribution in [2.75, 3.05) is 39.4 Å².